The topological polar surface area (TPSA) is 106 Å². The highest BCUT2D eigenvalue weighted by Gasteiger charge is 2.06. The molecule has 0 unspecified atom stereocenters. The largest absolute Gasteiger partial charge is 0.399 e. The van der Waals surface area contributed by atoms with Crippen LogP contribution in [0, 0.1) is 13.8 Å². The van der Waals surface area contributed by atoms with Crippen molar-refractivity contribution in [3.8, 4) is 0 Å². The van der Waals surface area contributed by atoms with Gasteiger partial charge in [-0.2, -0.15) is 8.42 Å². The van der Waals surface area contributed by atoms with E-state index in [4.69, 9.17) is 16.0 Å². The quantitative estimate of drug-likeness (QED) is 0.429. The number of rotatable bonds is 2. The summed E-state index contributed by atoms with van der Waals surface area (Å²) < 4.78 is 29.6. The van der Waals surface area contributed by atoms with E-state index >= 15 is 0 Å². The zero-order chi connectivity index (χ0) is 21.2. The fraction of sp³-hybridized carbons (Fsp3) is 0.182. The molecule has 0 aliphatic carbocycles. The Hall–Kier alpha value is -2.83. The van der Waals surface area contributed by atoms with Crippen LogP contribution in [-0.2, 0) is 16.5 Å². The first kappa shape index (κ1) is 23.2. The van der Waals surface area contributed by atoms with E-state index in [1.807, 2.05) is 56.3 Å². The van der Waals surface area contributed by atoms with Gasteiger partial charge in [0.1, 0.15) is 0 Å². The fourth-order valence-corrected chi connectivity index (χ4v) is 2.63. The molecule has 0 radical (unpaired) electrons. The molecule has 3 rings (SSSR count). The van der Waals surface area contributed by atoms with Crippen molar-refractivity contribution in [2.75, 3.05) is 11.5 Å². The number of benzene rings is 3. The molecule has 0 heterocycles. The molecule has 0 atom stereocenters. The van der Waals surface area contributed by atoms with Gasteiger partial charge in [0.15, 0.2) is 0 Å². The third-order valence-corrected chi connectivity index (χ3v) is 4.81. The minimum absolute atomic E-state index is 0.0666. The number of aryl methyl sites for hydroxylation is 3. The van der Waals surface area contributed by atoms with E-state index < -0.39 is 10.1 Å². The van der Waals surface area contributed by atoms with Crippen molar-refractivity contribution in [1.82, 2.24) is 0 Å². The molecule has 0 aromatic heterocycles. The van der Waals surface area contributed by atoms with E-state index in [1.165, 1.54) is 17.7 Å². The fourth-order valence-electron chi connectivity index (χ4n) is 2.15. The Kier molecular flexibility index (Phi) is 9.21. The molecule has 0 spiro atoms. The molecule has 6 heteroatoms. The van der Waals surface area contributed by atoms with Gasteiger partial charge in [-0.25, -0.2) is 0 Å². The smallest absolute Gasteiger partial charge is 0.294 e. The molecule has 0 saturated heterocycles. The Balaban J connectivity index is 0.000000213. The third kappa shape index (κ3) is 8.24. The third-order valence-electron chi connectivity index (χ3n) is 3.94. The summed E-state index contributed by atoms with van der Waals surface area (Å²) in [6.45, 7) is 5.94. The molecule has 3 aromatic carbocycles. The summed E-state index contributed by atoms with van der Waals surface area (Å²) in [5, 5.41) is 0. The second-order valence-electron chi connectivity index (χ2n) is 6.20. The Labute approximate surface area is 167 Å². The van der Waals surface area contributed by atoms with Crippen LogP contribution in [0.2, 0.25) is 0 Å². The first-order valence-electron chi connectivity index (χ1n) is 8.83. The highest BCUT2D eigenvalue weighted by molar-refractivity contribution is 7.85. The minimum Gasteiger partial charge on any atom is -0.399 e. The average molecular weight is 401 g/mol. The van der Waals surface area contributed by atoms with Crippen molar-refractivity contribution in [1.29, 1.82) is 0 Å². The minimum atomic E-state index is -4.02. The van der Waals surface area contributed by atoms with Crippen molar-refractivity contribution >= 4 is 21.5 Å². The molecule has 0 saturated carbocycles. The number of nitrogen functional groups attached to an aromatic ring is 2. The maximum absolute atomic E-state index is 10.5. The second kappa shape index (κ2) is 11.1. The predicted molar refractivity (Wildman–Crippen MR) is 117 cm³/mol. The maximum Gasteiger partial charge on any atom is 0.294 e. The van der Waals surface area contributed by atoms with Crippen molar-refractivity contribution in [2.24, 2.45) is 0 Å². The van der Waals surface area contributed by atoms with Crippen molar-refractivity contribution in [3.63, 3.8) is 0 Å². The molecule has 0 fully saturated rings. The van der Waals surface area contributed by atoms with Gasteiger partial charge >= 0.3 is 0 Å². The van der Waals surface area contributed by atoms with Gasteiger partial charge in [0, 0.05) is 11.4 Å². The molecular weight excluding hydrogens is 372 g/mol. The first-order valence-corrected chi connectivity index (χ1v) is 10.3. The standard InChI is InChI=1S/C8H11N.C7H9N.C7H8O3S/c1-2-7-5-3-4-6-8(7)9;1-6-4-2-3-5-7(6)8;1-6-2-4-7(5-3-6)11(8,9)10/h3-6H,2,9H2,1H3;2-5H,8H2,1H3;2-5H,1H3,(H,8,9,10). The first-order chi connectivity index (χ1) is 13.1. The van der Waals surface area contributed by atoms with E-state index in [-0.39, 0.29) is 4.90 Å². The van der Waals surface area contributed by atoms with Crippen LogP contribution in [0.15, 0.2) is 77.7 Å². The molecule has 5 nitrogen and oxygen atoms in total. The summed E-state index contributed by atoms with van der Waals surface area (Å²) in [7, 11) is -4.02. The highest BCUT2D eigenvalue weighted by Crippen LogP contribution is 2.10. The van der Waals surface area contributed by atoms with Crippen molar-refractivity contribution < 1.29 is 13.0 Å². The molecule has 150 valence electrons. The molecule has 0 aliphatic rings. The number of hydrogen-bond acceptors (Lipinski definition) is 4. The Morgan fingerprint density at radius 1 is 0.786 bits per heavy atom. The average Bonchev–Trinajstić information content (AvgIpc) is 2.65. The van der Waals surface area contributed by atoms with E-state index in [2.05, 4.69) is 13.0 Å². The van der Waals surface area contributed by atoms with Crippen LogP contribution in [-0.4, -0.2) is 13.0 Å². The highest BCUT2D eigenvalue weighted by atomic mass is 32.2. The van der Waals surface area contributed by atoms with Gasteiger partial charge in [0.25, 0.3) is 10.1 Å². The molecule has 5 N–H and O–H groups in total. The molecular formula is C22H28N2O3S. The number of anilines is 2. The number of para-hydroxylation sites is 2. The van der Waals surface area contributed by atoms with Gasteiger partial charge in [-0.15, -0.1) is 0 Å². The summed E-state index contributed by atoms with van der Waals surface area (Å²) in [5.41, 5.74) is 16.3. The van der Waals surface area contributed by atoms with E-state index in [1.54, 1.807) is 12.1 Å². The van der Waals surface area contributed by atoms with Crippen LogP contribution in [0.1, 0.15) is 23.6 Å². The molecule has 0 amide bonds. The van der Waals surface area contributed by atoms with Crippen LogP contribution in [0.25, 0.3) is 0 Å². The monoisotopic (exact) mass is 400 g/mol. The van der Waals surface area contributed by atoms with Gasteiger partial charge < -0.3 is 11.5 Å². The van der Waals surface area contributed by atoms with Crippen molar-refractivity contribution in [2.45, 2.75) is 32.1 Å². The summed E-state index contributed by atoms with van der Waals surface area (Å²) in [4.78, 5) is -0.0666. The van der Waals surface area contributed by atoms with Gasteiger partial charge in [-0.3, -0.25) is 4.55 Å². The van der Waals surface area contributed by atoms with Crippen LogP contribution in [0.3, 0.4) is 0 Å². The van der Waals surface area contributed by atoms with Crippen LogP contribution < -0.4 is 11.5 Å². The molecule has 28 heavy (non-hydrogen) atoms. The second-order valence-corrected chi connectivity index (χ2v) is 7.62. The van der Waals surface area contributed by atoms with E-state index in [0.29, 0.717) is 0 Å². The Bertz CT molecular complexity index is 948. The normalized spacial score (nSPS) is 10.1. The SMILES string of the molecule is CCc1ccccc1N.Cc1ccc(S(=O)(=O)O)cc1.Cc1ccccc1N. The van der Waals surface area contributed by atoms with E-state index in [9.17, 15) is 8.42 Å². The summed E-state index contributed by atoms with van der Waals surface area (Å²) in [5.74, 6) is 0. The van der Waals surface area contributed by atoms with E-state index in [0.717, 1.165) is 28.9 Å². The Morgan fingerprint density at radius 3 is 1.64 bits per heavy atom. The zero-order valence-electron chi connectivity index (χ0n) is 16.5. The van der Waals surface area contributed by atoms with Gasteiger partial charge in [0.05, 0.1) is 4.90 Å². The lowest BCUT2D eigenvalue weighted by Crippen LogP contribution is -1.96. The summed E-state index contributed by atoms with van der Waals surface area (Å²) in [6.07, 6.45) is 1.02. The number of hydrogen-bond donors (Lipinski definition) is 3. The van der Waals surface area contributed by atoms with Crippen LogP contribution >= 0.6 is 0 Å². The zero-order valence-corrected chi connectivity index (χ0v) is 17.3. The van der Waals surface area contributed by atoms with Gasteiger partial charge in [0.2, 0.25) is 0 Å². The van der Waals surface area contributed by atoms with Crippen LogP contribution in [0.5, 0.6) is 0 Å². The lowest BCUT2D eigenvalue weighted by molar-refractivity contribution is 0.483. The lowest BCUT2D eigenvalue weighted by Gasteiger charge is -1.98. The molecule has 0 aliphatic heterocycles. The summed E-state index contributed by atoms with van der Waals surface area (Å²) in [6, 6.07) is 21.7. The van der Waals surface area contributed by atoms with Gasteiger partial charge in [-0.1, -0.05) is 61.0 Å². The predicted octanol–water partition coefficient (Wildman–Crippen LogP) is 4.65. The molecule has 0 bridgehead atoms. The number of nitrogens with two attached hydrogens (primary N) is 2. The van der Waals surface area contributed by atoms with Gasteiger partial charge in [-0.05, 0) is 55.7 Å². The lowest BCUT2D eigenvalue weighted by atomic mass is 10.1. The molecule has 3 aromatic rings. The van der Waals surface area contributed by atoms with Crippen molar-refractivity contribution in [3.05, 3.63) is 89.5 Å². The summed E-state index contributed by atoms with van der Waals surface area (Å²) >= 11 is 0. The maximum atomic E-state index is 10.5. The Morgan fingerprint density at radius 2 is 1.29 bits per heavy atom. The van der Waals surface area contributed by atoms with Crippen LogP contribution in [0.4, 0.5) is 11.4 Å².